The highest BCUT2D eigenvalue weighted by molar-refractivity contribution is 6.12. The van der Waals surface area contributed by atoms with E-state index in [2.05, 4.69) is 31.1 Å². The number of nitrogens with two attached hydrogens (primary N) is 1. The first kappa shape index (κ1) is 46.0. The van der Waals surface area contributed by atoms with Gasteiger partial charge in [0.05, 0.1) is 33.0 Å². The average molecular weight is 816 g/mol. The van der Waals surface area contributed by atoms with Crippen molar-refractivity contribution in [3.63, 3.8) is 0 Å². The Hall–Kier alpha value is -6.73. The van der Waals surface area contributed by atoms with Crippen molar-refractivity contribution in [1.29, 1.82) is 0 Å². The van der Waals surface area contributed by atoms with Crippen LogP contribution in [0.2, 0.25) is 0 Å². The lowest BCUT2D eigenvalue weighted by molar-refractivity contribution is -0.118. The number of allylic oxidation sites excluding steroid dienone is 1. The highest BCUT2D eigenvalue weighted by Gasteiger charge is 2.25. The van der Waals surface area contributed by atoms with E-state index in [1.54, 1.807) is 65.7 Å². The van der Waals surface area contributed by atoms with Crippen LogP contribution in [0.25, 0.3) is 16.7 Å². The van der Waals surface area contributed by atoms with E-state index in [0.717, 1.165) is 34.2 Å². The van der Waals surface area contributed by atoms with E-state index in [9.17, 15) is 14.4 Å². The number of benzene rings is 4. The number of methoxy groups -OCH3 is 2. The molecule has 0 saturated heterocycles. The van der Waals surface area contributed by atoms with Crippen molar-refractivity contribution in [3.05, 3.63) is 132 Å². The Morgan fingerprint density at radius 1 is 0.783 bits per heavy atom. The molecule has 1 aliphatic rings. The fraction of sp³-hybridized carbons (Fsp3) is 0.298. The zero-order chi connectivity index (χ0) is 42.2. The smallest absolute Gasteiger partial charge is 0.408 e. The first-order valence-electron chi connectivity index (χ1n) is 19.4. The number of H-pyrrole nitrogens is 1. The van der Waals surface area contributed by atoms with Gasteiger partial charge in [-0.25, -0.2) is 4.79 Å². The second-order valence-corrected chi connectivity index (χ2v) is 14.8. The number of alkyl carbamates (subject to hydrolysis) is 1. The van der Waals surface area contributed by atoms with E-state index in [1.807, 2.05) is 91.0 Å². The number of aromatic amines is 1. The quantitative estimate of drug-likeness (QED) is 0.0700. The number of amides is 3. The number of carbonyl (C=O) groups excluding carboxylic acids is 3. The first-order chi connectivity index (χ1) is 28.4. The molecule has 316 valence electrons. The van der Waals surface area contributed by atoms with E-state index in [0.29, 0.717) is 48.7 Å². The summed E-state index contributed by atoms with van der Waals surface area (Å²) in [6, 6.07) is 29.4. The number of hydrogen-bond donors (Lipinski definition) is 5. The summed E-state index contributed by atoms with van der Waals surface area (Å²) in [6.45, 7) is 5.99. The van der Waals surface area contributed by atoms with Crippen molar-refractivity contribution in [1.82, 2.24) is 15.5 Å². The SMILES string of the molecule is C.COc1cc(NC(=O)[C@@H](CCc2ccccc2)NC(=O)OC(C)(C)C)ccc1C1=CCN=C1.COc1cc(NC(=O)[C@H](N)CCc2ccccc2)ccc1-c1cn[nH]c1. The molecular weight excluding hydrogens is 759 g/mol. The first-order valence-corrected chi connectivity index (χ1v) is 19.4. The summed E-state index contributed by atoms with van der Waals surface area (Å²) < 4.78 is 16.3. The van der Waals surface area contributed by atoms with Crippen LogP contribution in [-0.4, -0.2) is 72.8 Å². The van der Waals surface area contributed by atoms with E-state index >= 15 is 0 Å². The second-order valence-electron chi connectivity index (χ2n) is 14.8. The summed E-state index contributed by atoms with van der Waals surface area (Å²) in [7, 11) is 3.18. The Kier molecular flexibility index (Phi) is 17.2. The van der Waals surface area contributed by atoms with Gasteiger partial charge < -0.3 is 35.9 Å². The summed E-state index contributed by atoms with van der Waals surface area (Å²) in [6.07, 6.45) is 9.10. The van der Waals surface area contributed by atoms with Gasteiger partial charge in [0.2, 0.25) is 11.8 Å². The van der Waals surface area contributed by atoms with Gasteiger partial charge in [-0.1, -0.05) is 74.2 Å². The lowest BCUT2D eigenvalue weighted by Gasteiger charge is -2.23. The molecular formula is C47H57N7O6. The van der Waals surface area contributed by atoms with Crippen LogP contribution in [0.1, 0.15) is 57.7 Å². The molecule has 0 unspecified atom stereocenters. The van der Waals surface area contributed by atoms with Gasteiger partial charge in [0.15, 0.2) is 0 Å². The summed E-state index contributed by atoms with van der Waals surface area (Å²) in [5, 5.41) is 15.2. The highest BCUT2D eigenvalue weighted by Crippen LogP contribution is 2.32. The molecule has 60 heavy (non-hydrogen) atoms. The molecule has 13 nitrogen and oxygen atoms in total. The molecule has 0 aliphatic carbocycles. The number of nitrogens with zero attached hydrogens (tertiary/aromatic N) is 2. The second kappa shape index (κ2) is 22.4. The number of carbonyl (C=O) groups is 3. The molecule has 0 radical (unpaired) electrons. The van der Waals surface area contributed by atoms with Crippen LogP contribution in [0.5, 0.6) is 11.5 Å². The van der Waals surface area contributed by atoms with Gasteiger partial charge in [-0.15, -0.1) is 0 Å². The van der Waals surface area contributed by atoms with Gasteiger partial charge in [-0.2, -0.15) is 5.10 Å². The molecule has 0 saturated carbocycles. The Morgan fingerprint density at radius 2 is 1.35 bits per heavy atom. The third kappa shape index (κ3) is 14.0. The number of rotatable bonds is 15. The van der Waals surface area contributed by atoms with E-state index in [-0.39, 0.29) is 19.2 Å². The maximum Gasteiger partial charge on any atom is 0.408 e. The maximum atomic E-state index is 13.1. The van der Waals surface area contributed by atoms with Crippen molar-refractivity contribution in [2.45, 2.75) is 71.6 Å². The van der Waals surface area contributed by atoms with Crippen molar-refractivity contribution in [3.8, 4) is 22.6 Å². The van der Waals surface area contributed by atoms with Gasteiger partial charge in [-0.3, -0.25) is 19.7 Å². The molecule has 5 aromatic rings. The topological polar surface area (TPSA) is 182 Å². The molecule has 6 rings (SSSR count). The number of ether oxygens (including phenoxy) is 3. The summed E-state index contributed by atoms with van der Waals surface area (Å²) >= 11 is 0. The molecule has 1 aliphatic heterocycles. The minimum absolute atomic E-state index is 0. The summed E-state index contributed by atoms with van der Waals surface area (Å²) in [5.41, 5.74) is 12.6. The lowest BCUT2D eigenvalue weighted by Crippen LogP contribution is -2.46. The van der Waals surface area contributed by atoms with Crippen molar-refractivity contribution < 1.29 is 28.6 Å². The van der Waals surface area contributed by atoms with E-state index in [4.69, 9.17) is 19.9 Å². The average Bonchev–Trinajstić information content (AvgIpc) is 3.98. The highest BCUT2D eigenvalue weighted by atomic mass is 16.6. The summed E-state index contributed by atoms with van der Waals surface area (Å²) in [5.74, 6) is 0.752. The van der Waals surface area contributed by atoms with Crippen molar-refractivity contribution in [2.75, 3.05) is 31.4 Å². The molecule has 13 heteroatoms. The van der Waals surface area contributed by atoms with E-state index < -0.39 is 23.8 Å². The number of nitrogens with one attached hydrogen (secondary N) is 4. The number of anilines is 2. The molecule has 6 N–H and O–H groups in total. The monoisotopic (exact) mass is 815 g/mol. The zero-order valence-corrected chi connectivity index (χ0v) is 34.2. The number of aromatic nitrogens is 2. The predicted molar refractivity (Wildman–Crippen MR) is 240 cm³/mol. The number of hydrogen-bond acceptors (Lipinski definition) is 9. The van der Waals surface area contributed by atoms with Crippen LogP contribution in [0.15, 0.2) is 121 Å². The third-order valence-corrected chi connectivity index (χ3v) is 9.20. The number of aryl methyl sites for hydroxylation is 2. The van der Waals surface area contributed by atoms with Crippen LogP contribution >= 0.6 is 0 Å². The van der Waals surface area contributed by atoms with Crippen LogP contribution in [0.3, 0.4) is 0 Å². The predicted octanol–water partition coefficient (Wildman–Crippen LogP) is 8.25. The number of aliphatic imine (C=N–C) groups is 1. The van der Waals surface area contributed by atoms with Crippen LogP contribution < -0.4 is 31.2 Å². The van der Waals surface area contributed by atoms with Gasteiger partial charge >= 0.3 is 6.09 Å². The molecule has 2 atom stereocenters. The van der Waals surface area contributed by atoms with Crippen molar-refractivity contribution in [2.24, 2.45) is 10.7 Å². The lowest BCUT2D eigenvalue weighted by atomic mass is 10.0. The fourth-order valence-electron chi connectivity index (χ4n) is 6.18. The minimum Gasteiger partial charge on any atom is -0.496 e. The Balaban J connectivity index is 0.000000267. The van der Waals surface area contributed by atoms with Gasteiger partial charge in [0.25, 0.3) is 0 Å². The third-order valence-electron chi connectivity index (χ3n) is 9.20. The van der Waals surface area contributed by atoms with E-state index in [1.165, 1.54) is 5.56 Å². The summed E-state index contributed by atoms with van der Waals surface area (Å²) in [4.78, 5) is 42.1. The Labute approximate surface area is 352 Å². The molecule has 0 spiro atoms. The van der Waals surface area contributed by atoms with Gasteiger partial charge in [0.1, 0.15) is 23.1 Å². The Bertz CT molecular complexity index is 2200. The Morgan fingerprint density at radius 3 is 1.88 bits per heavy atom. The largest absolute Gasteiger partial charge is 0.496 e. The normalized spacial score (nSPS) is 12.7. The van der Waals surface area contributed by atoms with Crippen LogP contribution in [0.4, 0.5) is 16.2 Å². The molecule has 2 heterocycles. The zero-order valence-electron chi connectivity index (χ0n) is 34.2. The standard InChI is InChI=1S/C26H31N3O4.C20H22N4O2.CH4/c1-26(2,3)33-25(31)29-22(13-10-18-8-6-5-7-9-18)24(30)28-20-11-12-21(23(16-20)32-4)19-14-15-27-17-19;1-26-19-11-16(8-9-17(19)15-12-22-23-13-15)24-20(25)18(21)10-7-14-5-3-2-4-6-14;/h5-9,11-12,14,16-17,22H,10,13,15H2,1-4H3,(H,28,30)(H,29,31);2-6,8-9,11-13,18H,7,10,21H2,1H3,(H,22,23)(H,24,25);1H4/t22-;18-;/m11./s1. The maximum absolute atomic E-state index is 13.1. The molecule has 0 fully saturated rings. The molecule has 3 amide bonds. The van der Waals surface area contributed by atoms with Gasteiger partial charge in [-0.05, 0) is 81.8 Å². The van der Waals surface area contributed by atoms with Crippen molar-refractivity contribution >= 4 is 41.1 Å². The van der Waals surface area contributed by atoms with Crippen LogP contribution in [0, 0.1) is 0 Å². The van der Waals surface area contributed by atoms with Gasteiger partial charge in [0, 0.05) is 58.2 Å². The molecule has 4 aromatic carbocycles. The minimum atomic E-state index is -0.768. The molecule has 1 aromatic heterocycles. The molecule has 0 bridgehead atoms. The fourth-order valence-corrected chi connectivity index (χ4v) is 6.18. The van der Waals surface area contributed by atoms with Crippen LogP contribution in [-0.2, 0) is 27.2 Å².